The van der Waals surface area contributed by atoms with E-state index in [0.29, 0.717) is 6.54 Å². The number of ether oxygens (including phenoxy) is 1. The number of likely N-dealkylation sites (tertiary alicyclic amines) is 1. The minimum absolute atomic E-state index is 0.0174. The van der Waals surface area contributed by atoms with Gasteiger partial charge in [0.1, 0.15) is 6.42 Å². The molecule has 4 nitrogen and oxygen atoms in total. The summed E-state index contributed by atoms with van der Waals surface area (Å²) < 4.78 is 5.17. The number of nitrogens with zero attached hydrogens (tertiary/aromatic N) is 2. The second kappa shape index (κ2) is 4.83. The Hall–Kier alpha value is -1.08. The molecule has 13 heavy (non-hydrogen) atoms. The van der Waals surface area contributed by atoms with E-state index < -0.39 is 0 Å². The number of carbonyl (C=O) groups is 1. The van der Waals surface area contributed by atoms with Crippen molar-refractivity contribution in [1.82, 2.24) is 4.90 Å². The number of hydrogen-bond acceptors (Lipinski definition) is 3. The average molecular weight is 182 g/mol. The molecule has 0 bridgehead atoms. The van der Waals surface area contributed by atoms with Crippen LogP contribution in [0.3, 0.4) is 0 Å². The van der Waals surface area contributed by atoms with Crippen molar-refractivity contribution in [2.45, 2.75) is 25.4 Å². The summed E-state index contributed by atoms with van der Waals surface area (Å²) in [7, 11) is 1.66. The molecule has 0 aromatic heterocycles. The van der Waals surface area contributed by atoms with Crippen molar-refractivity contribution < 1.29 is 9.53 Å². The summed E-state index contributed by atoms with van der Waals surface area (Å²) in [6.45, 7) is 1.40. The van der Waals surface area contributed by atoms with E-state index in [1.165, 1.54) is 0 Å². The molecule has 0 aromatic rings. The lowest BCUT2D eigenvalue weighted by Crippen LogP contribution is -2.42. The molecule has 1 heterocycles. The lowest BCUT2D eigenvalue weighted by atomic mass is 10.1. The molecule has 1 aliphatic heterocycles. The highest BCUT2D eigenvalue weighted by atomic mass is 16.5. The van der Waals surface area contributed by atoms with Gasteiger partial charge in [-0.3, -0.25) is 4.79 Å². The van der Waals surface area contributed by atoms with Crippen LogP contribution in [0.2, 0.25) is 0 Å². The fourth-order valence-corrected chi connectivity index (χ4v) is 1.54. The van der Waals surface area contributed by atoms with Crippen LogP contribution in [-0.4, -0.2) is 37.1 Å². The Morgan fingerprint density at radius 1 is 1.77 bits per heavy atom. The zero-order valence-corrected chi connectivity index (χ0v) is 7.82. The number of amides is 1. The molecule has 0 N–H and O–H groups in total. The maximum absolute atomic E-state index is 11.3. The molecule has 1 amide bonds. The van der Waals surface area contributed by atoms with Gasteiger partial charge in [0.15, 0.2) is 0 Å². The van der Waals surface area contributed by atoms with Gasteiger partial charge < -0.3 is 9.64 Å². The van der Waals surface area contributed by atoms with Crippen LogP contribution in [0.4, 0.5) is 0 Å². The van der Waals surface area contributed by atoms with Crippen LogP contribution in [0.5, 0.6) is 0 Å². The van der Waals surface area contributed by atoms with E-state index in [0.717, 1.165) is 19.4 Å². The maximum Gasteiger partial charge on any atom is 0.236 e. The summed E-state index contributed by atoms with van der Waals surface area (Å²) >= 11 is 0. The van der Waals surface area contributed by atoms with Gasteiger partial charge in [-0.25, -0.2) is 0 Å². The molecule has 1 rings (SSSR count). The van der Waals surface area contributed by atoms with Gasteiger partial charge in [0.05, 0.1) is 12.2 Å². The summed E-state index contributed by atoms with van der Waals surface area (Å²) in [6.07, 6.45) is 2.11. The van der Waals surface area contributed by atoms with E-state index in [-0.39, 0.29) is 18.4 Å². The molecule has 0 radical (unpaired) electrons. The molecule has 0 aromatic carbocycles. The van der Waals surface area contributed by atoms with Crippen molar-refractivity contribution in [2.75, 3.05) is 20.2 Å². The largest absolute Gasteiger partial charge is 0.380 e. The Morgan fingerprint density at radius 2 is 2.54 bits per heavy atom. The molecule has 1 atom stereocenters. The quantitative estimate of drug-likeness (QED) is 0.626. The maximum atomic E-state index is 11.3. The average Bonchev–Trinajstić information content (AvgIpc) is 2.18. The molecule has 0 spiro atoms. The Kier molecular flexibility index (Phi) is 3.71. The zero-order valence-electron chi connectivity index (χ0n) is 7.82. The van der Waals surface area contributed by atoms with Crippen LogP contribution >= 0.6 is 0 Å². The number of carbonyl (C=O) groups excluding carboxylic acids is 1. The third-order valence-electron chi connectivity index (χ3n) is 2.29. The monoisotopic (exact) mass is 182 g/mol. The van der Waals surface area contributed by atoms with Crippen LogP contribution in [0.25, 0.3) is 0 Å². The number of rotatable bonds is 2. The van der Waals surface area contributed by atoms with Gasteiger partial charge in [-0.1, -0.05) is 0 Å². The standard InChI is InChI=1S/C9H14N2O2/c1-13-8-3-2-6-11(7-8)9(12)4-5-10/h8H,2-4,6-7H2,1H3. The first-order chi connectivity index (χ1) is 6.27. The van der Waals surface area contributed by atoms with Crippen molar-refractivity contribution in [3.8, 4) is 6.07 Å². The van der Waals surface area contributed by atoms with Gasteiger partial charge in [0, 0.05) is 20.2 Å². The second-order valence-corrected chi connectivity index (χ2v) is 3.17. The summed E-state index contributed by atoms with van der Waals surface area (Å²) in [4.78, 5) is 13.0. The fraction of sp³-hybridized carbons (Fsp3) is 0.778. The lowest BCUT2D eigenvalue weighted by molar-refractivity contribution is -0.133. The minimum Gasteiger partial charge on any atom is -0.380 e. The first-order valence-corrected chi connectivity index (χ1v) is 4.45. The van der Waals surface area contributed by atoms with Gasteiger partial charge in [0.2, 0.25) is 5.91 Å². The Balaban J connectivity index is 2.42. The topological polar surface area (TPSA) is 53.3 Å². The lowest BCUT2D eigenvalue weighted by Gasteiger charge is -2.31. The molecule has 1 unspecified atom stereocenters. The summed E-state index contributed by atoms with van der Waals surface area (Å²) in [5.41, 5.74) is 0. The van der Waals surface area contributed by atoms with Crippen LogP contribution in [-0.2, 0) is 9.53 Å². The Bertz CT molecular complexity index is 222. The Morgan fingerprint density at radius 3 is 3.15 bits per heavy atom. The van der Waals surface area contributed by atoms with Gasteiger partial charge in [-0.2, -0.15) is 5.26 Å². The normalized spacial score (nSPS) is 22.5. The summed E-state index contributed by atoms with van der Waals surface area (Å²) in [5.74, 6) is -0.0794. The van der Waals surface area contributed by atoms with Gasteiger partial charge in [-0.15, -0.1) is 0 Å². The third kappa shape index (κ3) is 2.71. The van der Waals surface area contributed by atoms with Crippen LogP contribution in [0, 0.1) is 11.3 Å². The molecule has 0 saturated carbocycles. The SMILES string of the molecule is COC1CCCN(C(=O)CC#N)C1. The highest BCUT2D eigenvalue weighted by Crippen LogP contribution is 2.12. The third-order valence-corrected chi connectivity index (χ3v) is 2.29. The second-order valence-electron chi connectivity index (χ2n) is 3.17. The number of hydrogen-bond donors (Lipinski definition) is 0. The van der Waals surface area contributed by atoms with E-state index in [4.69, 9.17) is 10.00 Å². The van der Waals surface area contributed by atoms with E-state index >= 15 is 0 Å². The predicted molar refractivity (Wildman–Crippen MR) is 46.8 cm³/mol. The first-order valence-electron chi connectivity index (χ1n) is 4.45. The van der Waals surface area contributed by atoms with Crippen molar-refractivity contribution >= 4 is 5.91 Å². The molecule has 72 valence electrons. The highest BCUT2D eigenvalue weighted by Gasteiger charge is 2.22. The number of piperidine rings is 1. The highest BCUT2D eigenvalue weighted by molar-refractivity contribution is 5.78. The van der Waals surface area contributed by atoms with E-state index in [1.54, 1.807) is 12.0 Å². The van der Waals surface area contributed by atoms with Crippen molar-refractivity contribution in [1.29, 1.82) is 5.26 Å². The van der Waals surface area contributed by atoms with Gasteiger partial charge >= 0.3 is 0 Å². The zero-order chi connectivity index (χ0) is 9.68. The summed E-state index contributed by atoms with van der Waals surface area (Å²) in [5, 5.41) is 8.36. The van der Waals surface area contributed by atoms with E-state index in [1.807, 2.05) is 6.07 Å². The van der Waals surface area contributed by atoms with Gasteiger partial charge in [-0.05, 0) is 12.8 Å². The van der Waals surface area contributed by atoms with Crippen LogP contribution < -0.4 is 0 Å². The molecule has 1 saturated heterocycles. The van der Waals surface area contributed by atoms with Crippen molar-refractivity contribution in [2.24, 2.45) is 0 Å². The number of methoxy groups -OCH3 is 1. The molecule has 1 aliphatic rings. The molecular formula is C9H14N2O2. The minimum atomic E-state index is -0.0794. The smallest absolute Gasteiger partial charge is 0.236 e. The van der Waals surface area contributed by atoms with E-state index in [9.17, 15) is 4.79 Å². The predicted octanol–water partition coefficient (Wildman–Crippen LogP) is 0.537. The van der Waals surface area contributed by atoms with E-state index in [2.05, 4.69) is 0 Å². The first kappa shape index (κ1) is 10.0. The van der Waals surface area contributed by atoms with Crippen LogP contribution in [0.15, 0.2) is 0 Å². The Labute approximate surface area is 78.1 Å². The molecular weight excluding hydrogens is 168 g/mol. The van der Waals surface area contributed by atoms with Crippen molar-refractivity contribution in [3.63, 3.8) is 0 Å². The fourth-order valence-electron chi connectivity index (χ4n) is 1.54. The summed E-state index contributed by atoms with van der Waals surface area (Å²) in [6, 6.07) is 1.87. The molecule has 0 aliphatic carbocycles. The number of nitriles is 1. The van der Waals surface area contributed by atoms with Gasteiger partial charge in [0.25, 0.3) is 0 Å². The molecule has 1 fully saturated rings. The molecule has 4 heteroatoms. The van der Waals surface area contributed by atoms with Crippen LogP contribution in [0.1, 0.15) is 19.3 Å². The van der Waals surface area contributed by atoms with Crippen molar-refractivity contribution in [3.05, 3.63) is 0 Å².